The predicted octanol–water partition coefficient (Wildman–Crippen LogP) is 8.35. The Morgan fingerprint density at radius 1 is 0.618 bits per heavy atom. The van der Waals surface area contributed by atoms with E-state index in [-0.39, 0.29) is 6.42 Å². The van der Waals surface area contributed by atoms with Gasteiger partial charge in [0.2, 0.25) is 0 Å². The Labute approximate surface area is 211 Å². The number of aliphatic carboxylic acids is 2. The standard InChI is InChI=1S/C28H46O5S/c29-27(30)21-14-12-10-8-6-4-2-1-3-5-7-9-11-13-17-23-33-25-19-15-16-20-26(25)34-24-18-22-28(31)32/h15-16,19-20H,1-14,17-18,21-24H2,(H,29,30)(H,31,32). The first-order valence-corrected chi connectivity index (χ1v) is 14.4. The lowest BCUT2D eigenvalue weighted by Crippen LogP contribution is -1.99. The van der Waals surface area contributed by atoms with E-state index in [9.17, 15) is 9.59 Å². The molecular weight excluding hydrogens is 448 g/mol. The maximum atomic E-state index is 10.6. The van der Waals surface area contributed by atoms with Crippen LogP contribution in [0.5, 0.6) is 5.75 Å². The van der Waals surface area contributed by atoms with Gasteiger partial charge in [0.1, 0.15) is 5.75 Å². The van der Waals surface area contributed by atoms with E-state index in [4.69, 9.17) is 14.9 Å². The van der Waals surface area contributed by atoms with Gasteiger partial charge in [-0.25, -0.2) is 0 Å². The van der Waals surface area contributed by atoms with Crippen LogP contribution < -0.4 is 4.74 Å². The van der Waals surface area contributed by atoms with Gasteiger partial charge in [-0.3, -0.25) is 9.59 Å². The zero-order chi connectivity index (χ0) is 24.7. The van der Waals surface area contributed by atoms with Gasteiger partial charge >= 0.3 is 11.9 Å². The molecule has 1 aromatic rings. The quantitative estimate of drug-likeness (QED) is 0.111. The Bertz CT molecular complexity index is 649. The molecule has 194 valence electrons. The molecular formula is C28H46O5S. The van der Waals surface area contributed by atoms with E-state index in [1.807, 2.05) is 24.3 Å². The fourth-order valence-electron chi connectivity index (χ4n) is 3.95. The van der Waals surface area contributed by atoms with Gasteiger partial charge in [-0.1, -0.05) is 95.6 Å². The van der Waals surface area contributed by atoms with Crippen molar-refractivity contribution in [2.45, 2.75) is 120 Å². The van der Waals surface area contributed by atoms with Crippen molar-refractivity contribution < 1.29 is 24.5 Å². The van der Waals surface area contributed by atoms with Crippen LogP contribution in [0.2, 0.25) is 0 Å². The molecule has 1 rings (SSSR count). The van der Waals surface area contributed by atoms with Crippen LogP contribution in [-0.2, 0) is 9.59 Å². The Kier molecular flexibility index (Phi) is 19.5. The van der Waals surface area contributed by atoms with Crippen molar-refractivity contribution in [3.63, 3.8) is 0 Å². The average molecular weight is 495 g/mol. The maximum Gasteiger partial charge on any atom is 0.303 e. The van der Waals surface area contributed by atoms with Crippen LogP contribution in [0.4, 0.5) is 0 Å². The number of benzene rings is 1. The second-order valence-electron chi connectivity index (χ2n) is 9.09. The molecule has 5 nitrogen and oxygen atoms in total. The lowest BCUT2D eigenvalue weighted by Gasteiger charge is -2.11. The first-order valence-electron chi connectivity index (χ1n) is 13.4. The summed E-state index contributed by atoms with van der Waals surface area (Å²) >= 11 is 1.67. The molecule has 0 fully saturated rings. The van der Waals surface area contributed by atoms with Gasteiger partial charge in [0.15, 0.2) is 0 Å². The molecule has 0 aliphatic heterocycles. The summed E-state index contributed by atoms with van der Waals surface area (Å²) in [6.07, 6.45) is 19.7. The summed E-state index contributed by atoms with van der Waals surface area (Å²) in [5.41, 5.74) is 0. The molecule has 0 atom stereocenters. The average Bonchev–Trinajstić information content (AvgIpc) is 2.81. The summed E-state index contributed by atoms with van der Waals surface area (Å²) in [5, 5.41) is 17.4. The van der Waals surface area contributed by atoms with Crippen LogP contribution in [0.1, 0.15) is 116 Å². The lowest BCUT2D eigenvalue weighted by atomic mass is 10.0. The Morgan fingerprint density at radius 2 is 1.06 bits per heavy atom. The molecule has 34 heavy (non-hydrogen) atoms. The smallest absolute Gasteiger partial charge is 0.303 e. The van der Waals surface area contributed by atoms with Crippen molar-refractivity contribution >= 4 is 23.7 Å². The molecule has 0 aliphatic rings. The number of rotatable bonds is 24. The Hall–Kier alpha value is -1.69. The van der Waals surface area contributed by atoms with E-state index in [1.54, 1.807) is 11.8 Å². The highest BCUT2D eigenvalue weighted by molar-refractivity contribution is 7.99. The predicted molar refractivity (Wildman–Crippen MR) is 141 cm³/mol. The topological polar surface area (TPSA) is 83.8 Å². The maximum absolute atomic E-state index is 10.6. The van der Waals surface area contributed by atoms with Gasteiger partial charge in [-0.15, -0.1) is 11.8 Å². The zero-order valence-electron chi connectivity index (χ0n) is 21.0. The van der Waals surface area contributed by atoms with Gasteiger partial charge in [-0.2, -0.15) is 0 Å². The second kappa shape index (κ2) is 21.8. The zero-order valence-corrected chi connectivity index (χ0v) is 21.8. The third-order valence-electron chi connectivity index (χ3n) is 5.93. The van der Waals surface area contributed by atoms with Crippen molar-refractivity contribution in [3.8, 4) is 5.75 Å². The summed E-state index contributed by atoms with van der Waals surface area (Å²) in [7, 11) is 0. The third kappa shape index (κ3) is 18.7. The fourth-order valence-corrected chi connectivity index (χ4v) is 4.91. The van der Waals surface area contributed by atoms with E-state index in [0.717, 1.165) is 42.3 Å². The molecule has 6 heteroatoms. The molecule has 0 unspecified atom stereocenters. The largest absolute Gasteiger partial charge is 0.492 e. The lowest BCUT2D eigenvalue weighted by molar-refractivity contribution is -0.138. The first kappa shape index (κ1) is 30.3. The van der Waals surface area contributed by atoms with Gasteiger partial charge in [0.25, 0.3) is 0 Å². The van der Waals surface area contributed by atoms with Crippen LogP contribution in [0.15, 0.2) is 29.2 Å². The number of unbranched alkanes of at least 4 members (excludes halogenated alkanes) is 14. The van der Waals surface area contributed by atoms with Crippen LogP contribution >= 0.6 is 11.8 Å². The molecule has 0 bridgehead atoms. The molecule has 0 aliphatic carbocycles. The summed E-state index contributed by atoms with van der Waals surface area (Å²) in [6, 6.07) is 8.04. The minimum absolute atomic E-state index is 0.217. The van der Waals surface area contributed by atoms with Crippen molar-refractivity contribution in [3.05, 3.63) is 24.3 Å². The fraction of sp³-hybridized carbons (Fsp3) is 0.714. The van der Waals surface area contributed by atoms with Gasteiger partial charge in [-0.05, 0) is 37.1 Å². The summed E-state index contributed by atoms with van der Waals surface area (Å²) in [6.45, 7) is 0.742. The highest BCUT2D eigenvalue weighted by atomic mass is 32.2. The number of carboxylic acids is 2. The summed E-state index contributed by atoms with van der Waals surface area (Å²) in [5.74, 6) is 0.304. The molecule has 0 saturated carbocycles. The third-order valence-corrected chi connectivity index (χ3v) is 7.08. The van der Waals surface area contributed by atoms with Crippen molar-refractivity contribution in [1.29, 1.82) is 0 Å². The molecule has 0 radical (unpaired) electrons. The van der Waals surface area contributed by atoms with E-state index in [2.05, 4.69) is 0 Å². The highest BCUT2D eigenvalue weighted by Gasteiger charge is 2.05. The molecule has 0 spiro atoms. The van der Waals surface area contributed by atoms with Gasteiger partial charge in [0.05, 0.1) is 6.61 Å². The molecule has 0 saturated heterocycles. The van der Waals surface area contributed by atoms with Crippen LogP contribution in [-0.4, -0.2) is 34.5 Å². The number of hydrogen-bond donors (Lipinski definition) is 2. The number of hydrogen-bond acceptors (Lipinski definition) is 4. The molecule has 0 amide bonds. The molecule has 2 N–H and O–H groups in total. The normalized spacial score (nSPS) is 10.9. The Morgan fingerprint density at radius 3 is 1.59 bits per heavy atom. The number of carbonyl (C=O) groups is 2. The van der Waals surface area contributed by atoms with E-state index >= 15 is 0 Å². The summed E-state index contributed by atoms with van der Waals surface area (Å²) < 4.78 is 5.98. The van der Waals surface area contributed by atoms with Crippen molar-refractivity contribution in [1.82, 2.24) is 0 Å². The number of carboxylic acid groups (broad SMARTS) is 2. The van der Waals surface area contributed by atoms with Crippen molar-refractivity contribution in [2.75, 3.05) is 12.4 Å². The van der Waals surface area contributed by atoms with E-state index in [1.165, 1.54) is 77.0 Å². The number of thioether (sulfide) groups is 1. The van der Waals surface area contributed by atoms with Crippen LogP contribution in [0, 0.1) is 0 Å². The second-order valence-corrected chi connectivity index (χ2v) is 10.2. The van der Waals surface area contributed by atoms with E-state index in [0.29, 0.717) is 12.8 Å². The monoisotopic (exact) mass is 494 g/mol. The number of para-hydroxylation sites is 1. The Balaban J connectivity index is 1.88. The van der Waals surface area contributed by atoms with Gasteiger partial charge < -0.3 is 14.9 Å². The minimum atomic E-state index is -0.736. The summed E-state index contributed by atoms with van der Waals surface area (Å²) in [4.78, 5) is 22.2. The van der Waals surface area contributed by atoms with Crippen molar-refractivity contribution in [2.24, 2.45) is 0 Å². The minimum Gasteiger partial charge on any atom is -0.492 e. The highest BCUT2D eigenvalue weighted by Crippen LogP contribution is 2.30. The SMILES string of the molecule is O=C(O)CCCCCCCCCCCCCCCCCOc1ccccc1SCCCC(=O)O. The number of ether oxygens (including phenoxy) is 1. The molecule has 1 aromatic carbocycles. The first-order chi connectivity index (χ1) is 16.6. The molecule has 0 aromatic heterocycles. The molecule has 0 heterocycles. The van der Waals surface area contributed by atoms with Crippen LogP contribution in [0.3, 0.4) is 0 Å². The van der Waals surface area contributed by atoms with Crippen LogP contribution in [0.25, 0.3) is 0 Å². The van der Waals surface area contributed by atoms with Gasteiger partial charge in [0, 0.05) is 17.7 Å². The van der Waals surface area contributed by atoms with E-state index < -0.39 is 11.9 Å².